The van der Waals surface area contributed by atoms with Crippen LogP contribution >= 0.6 is 0 Å². The smallest absolute Gasteiger partial charge is 0.744 e. The van der Waals surface area contributed by atoms with Gasteiger partial charge in [-0.15, -0.1) is 0 Å². The van der Waals surface area contributed by atoms with Gasteiger partial charge in [-0.05, 0) is 62.6 Å². The monoisotopic (exact) mass is 779 g/mol. The number of aromatic nitrogens is 6. The Kier molecular flexibility index (Phi) is 22.2. The third kappa shape index (κ3) is 17.2. The Balaban J connectivity index is 0.00000191. The molecule has 272 valence electrons. The van der Waals surface area contributed by atoms with Gasteiger partial charge in [-0.2, -0.15) is 29.9 Å². The van der Waals surface area contributed by atoms with Crippen molar-refractivity contribution in [3.8, 4) is 0 Å². The van der Waals surface area contributed by atoms with Crippen LogP contribution in [-0.4, -0.2) is 82.3 Å². The van der Waals surface area contributed by atoms with Crippen molar-refractivity contribution in [2.24, 2.45) is 0 Å². The van der Waals surface area contributed by atoms with Gasteiger partial charge >= 0.3 is 59.1 Å². The maximum Gasteiger partial charge on any atom is 1.00 e. The summed E-state index contributed by atoms with van der Waals surface area (Å²) in [6.07, 6.45) is 2.33. The summed E-state index contributed by atoms with van der Waals surface area (Å²) in [4.78, 5) is 21.4. The Morgan fingerprint density at radius 1 is 0.635 bits per heavy atom. The van der Waals surface area contributed by atoms with Gasteiger partial charge in [0.15, 0.2) is 0 Å². The zero-order valence-corrected chi connectivity index (χ0v) is 35.4. The number of benzene rings is 2. The number of rotatable bonds is 12. The molecule has 0 radical (unpaired) electrons. The molecule has 0 saturated heterocycles. The van der Waals surface area contributed by atoms with Crippen molar-refractivity contribution in [3.05, 3.63) is 58.9 Å². The molecule has 4 rings (SSSR count). The molecule has 2 heterocycles. The zero-order chi connectivity index (χ0) is 37.5. The van der Waals surface area contributed by atoms with Gasteiger partial charge in [0.1, 0.15) is 26.1 Å². The van der Waals surface area contributed by atoms with E-state index in [1.165, 1.54) is 36.4 Å². The van der Waals surface area contributed by atoms with Gasteiger partial charge < -0.3 is 46.8 Å². The van der Waals surface area contributed by atoms with Crippen molar-refractivity contribution in [3.63, 3.8) is 0 Å². The van der Waals surface area contributed by atoms with Gasteiger partial charge in [-0.3, -0.25) is 0 Å². The SMILES string of the molecule is CCOCC.CCOCC.Nc1nc(N)nc(Cc2ccc(/C=C/c3ccc(Nc4nc(N)nc(N)n4)cc3S(=O)(=O)[O-])c(S(=O)(=O)[O-])c2)n1.[Na+].[Na+]. The molecule has 19 nitrogen and oxygen atoms in total. The summed E-state index contributed by atoms with van der Waals surface area (Å²) in [6.45, 7) is 11.3. The maximum absolute atomic E-state index is 12.0. The molecular formula is C29H39N11Na2O8S2. The summed E-state index contributed by atoms with van der Waals surface area (Å²) in [7, 11) is -10.0. The van der Waals surface area contributed by atoms with E-state index in [-0.39, 0.29) is 118 Å². The normalized spacial score (nSPS) is 10.9. The van der Waals surface area contributed by atoms with Crippen LogP contribution in [0.3, 0.4) is 0 Å². The second-order valence-corrected chi connectivity index (χ2v) is 12.3. The molecule has 0 saturated carbocycles. The Hall–Kier alpha value is -3.06. The second-order valence-electron chi connectivity index (χ2n) is 9.57. The summed E-state index contributed by atoms with van der Waals surface area (Å²) in [6, 6.07) is 7.61. The fourth-order valence-electron chi connectivity index (χ4n) is 3.91. The molecule has 0 atom stereocenters. The summed E-state index contributed by atoms with van der Waals surface area (Å²) >= 11 is 0. The standard InChI is InChI=1S/C21H21N11O6S2.2C4H10O.2Na/c22-17-27-16(28-18(23)29-17)8-10-1-2-11(14(7-10)39(33,34)35)3-4-12-5-6-13(9-15(12)40(36,37)38)26-21-31-19(24)30-20(25)32-21;2*1-3-5-4-2;;/h1-7,9H,8H2,(H,33,34,35)(H,36,37,38)(H4,22,23,27,28,29)(H5,24,25,26,30,31,32);2*3-4H2,1-2H3;;/q;;;2*+1/p-2/b4-3+;;;;. The molecule has 0 spiro atoms. The molecule has 0 aliphatic carbocycles. The molecule has 2 aromatic carbocycles. The first kappa shape index (κ1) is 48.9. The van der Waals surface area contributed by atoms with E-state index in [9.17, 15) is 25.9 Å². The number of hydrogen-bond donors (Lipinski definition) is 5. The Bertz CT molecular complexity index is 1810. The molecule has 4 aromatic rings. The largest absolute Gasteiger partial charge is 1.00 e. The number of hydrogen-bond acceptors (Lipinski definition) is 19. The van der Waals surface area contributed by atoms with Crippen molar-refractivity contribution in [2.75, 3.05) is 54.7 Å². The second kappa shape index (κ2) is 23.6. The molecule has 0 aliphatic rings. The van der Waals surface area contributed by atoms with Gasteiger partial charge in [0.05, 0.1) is 9.79 Å². The van der Waals surface area contributed by atoms with E-state index in [1.807, 2.05) is 27.7 Å². The van der Waals surface area contributed by atoms with Crippen LogP contribution in [0.5, 0.6) is 0 Å². The van der Waals surface area contributed by atoms with Gasteiger partial charge in [-0.1, -0.05) is 30.4 Å². The molecule has 2 aromatic heterocycles. The molecular weight excluding hydrogens is 741 g/mol. The van der Waals surface area contributed by atoms with Gasteiger partial charge in [0, 0.05) is 38.5 Å². The minimum Gasteiger partial charge on any atom is -0.744 e. The number of anilines is 6. The summed E-state index contributed by atoms with van der Waals surface area (Å²) in [5.41, 5.74) is 22.4. The van der Waals surface area contributed by atoms with Crippen molar-refractivity contribution < 1.29 is 94.5 Å². The number of nitrogens with one attached hydrogen (secondary N) is 1. The summed E-state index contributed by atoms with van der Waals surface area (Å²) < 4.78 is 81.7. The quantitative estimate of drug-likeness (QED) is 0.0517. The van der Waals surface area contributed by atoms with E-state index in [2.05, 4.69) is 35.2 Å². The first-order valence-electron chi connectivity index (χ1n) is 14.8. The fourth-order valence-corrected chi connectivity index (χ4v) is 5.33. The minimum absolute atomic E-state index is 0. The predicted octanol–water partition coefficient (Wildman–Crippen LogP) is -4.21. The van der Waals surface area contributed by atoms with Crippen LogP contribution in [0.2, 0.25) is 0 Å². The molecule has 0 fully saturated rings. The van der Waals surface area contributed by atoms with Crippen LogP contribution in [0.25, 0.3) is 12.2 Å². The summed E-state index contributed by atoms with van der Waals surface area (Å²) in [5.74, 6) is -0.610. The molecule has 0 aliphatic heterocycles. The van der Waals surface area contributed by atoms with E-state index in [1.54, 1.807) is 0 Å². The number of nitrogen functional groups attached to an aromatic ring is 4. The molecule has 9 N–H and O–H groups in total. The Morgan fingerprint density at radius 2 is 1.04 bits per heavy atom. The van der Waals surface area contributed by atoms with Gasteiger partial charge in [0.2, 0.25) is 29.7 Å². The van der Waals surface area contributed by atoms with E-state index in [4.69, 9.17) is 32.4 Å². The molecule has 0 unspecified atom stereocenters. The number of nitrogens with zero attached hydrogens (tertiary/aromatic N) is 6. The number of nitrogens with two attached hydrogens (primary N) is 4. The first-order chi connectivity index (χ1) is 23.5. The molecule has 52 heavy (non-hydrogen) atoms. The Labute approximate surface area is 346 Å². The van der Waals surface area contributed by atoms with Crippen LogP contribution in [0.15, 0.2) is 46.2 Å². The zero-order valence-electron chi connectivity index (χ0n) is 29.7. The Morgan fingerprint density at radius 3 is 1.44 bits per heavy atom. The van der Waals surface area contributed by atoms with Gasteiger partial charge in [0.25, 0.3) is 0 Å². The number of ether oxygens (including phenoxy) is 2. The van der Waals surface area contributed by atoms with Crippen LogP contribution in [0.1, 0.15) is 50.2 Å². The van der Waals surface area contributed by atoms with Crippen molar-refractivity contribution in [2.45, 2.75) is 43.9 Å². The van der Waals surface area contributed by atoms with Crippen LogP contribution in [-0.2, 0) is 36.1 Å². The first-order valence-corrected chi connectivity index (χ1v) is 17.6. The van der Waals surface area contributed by atoms with Crippen LogP contribution in [0, 0.1) is 0 Å². The van der Waals surface area contributed by atoms with E-state index >= 15 is 0 Å². The molecule has 0 amide bonds. The fraction of sp³-hybridized carbons (Fsp3) is 0.310. The maximum atomic E-state index is 12.0. The van der Waals surface area contributed by atoms with E-state index in [0.29, 0.717) is 5.56 Å². The van der Waals surface area contributed by atoms with Crippen molar-refractivity contribution >= 4 is 67.8 Å². The minimum atomic E-state index is -5.02. The summed E-state index contributed by atoms with van der Waals surface area (Å²) in [5, 5.41) is 2.66. The average Bonchev–Trinajstić information content (AvgIpc) is 3.00. The average molecular weight is 780 g/mol. The van der Waals surface area contributed by atoms with Crippen molar-refractivity contribution in [1.82, 2.24) is 29.9 Å². The predicted molar refractivity (Wildman–Crippen MR) is 185 cm³/mol. The third-order valence-corrected chi connectivity index (χ3v) is 7.68. The van der Waals surface area contributed by atoms with Gasteiger partial charge in [-0.25, -0.2) is 16.8 Å². The topological polar surface area (TPSA) is 326 Å². The molecule has 0 bridgehead atoms. The van der Waals surface area contributed by atoms with E-state index in [0.717, 1.165) is 38.6 Å². The van der Waals surface area contributed by atoms with Crippen LogP contribution < -0.4 is 87.4 Å². The van der Waals surface area contributed by atoms with Crippen LogP contribution in [0.4, 0.5) is 35.4 Å². The third-order valence-electron chi connectivity index (χ3n) is 5.89. The van der Waals surface area contributed by atoms with E-state index < -0.39 is 30.0 Å². The van der Waals surface area contributed by atoms with Crippen molar-refractivity contribution in [1.29, 1.82) is 0 Å². The molecule has 23 heteroatoms.